The predicted molar refractivity (Wildman–Crippen MR) is 106 cm³/mol. The molecule has 2 aromatic rings. The first-order valence-corrected chi connectivity index (χ1v) is 9.23. The Labute approximate surface area is 168 Å². The number of esters is 1. The minimum Gasteiger partial charge on any atom is -0.462 e. The molecule has 0 bridgehead atoms. The third-order valence-corrected chi connectivity index (χ3v) is 4.45. The second-order valence-corrected chi connectivity index (χ2v) is 6.59. The standard InChI is InChI=1S/C20H23ClN2O5/c1-5-27-20(26)18-17(12(3)24)13(4)28-19(18)23-16(25)10-22-11(2)14-8-6-7-9-15(14)21/h6-9,11,22H,5,10H2,1-4H3,(H,23,25)/t11-/m0/s1. The Hall–Kier alpha value is -2.64. The SMILES string of the molecule is CCOC(=O)c1c(NC(=O)CN[C@@H](C)c2ccccc2Cl)oc(C)c1C(C)=O. The summed E-state index contributed by atoms with van der Waals surface area (Å²) in [4.78, 5) is 36.5. The number of nitrogens with one attached hydrogen (secondary N) is 2. The van der Waals surface area contributed by atoms with Gasteiger partial charge >= 0.3 is 5.97 Å². The van der Waals surface area contributed by atoms with Gasteiger partial charge < -0.3 is 14.5 Å². The highest BCUT2D eigenvalue weighted by atomic mass is 35.5. The predicted octanol–water partition coefficient (Wildman–Crippen LogP) is 3.91. The molecular weight excluding hydrogens is 384 g/mol. The maximum atomic E-state index is 12.4. The Kier molecular flexibility index (Phi) is 7.37. The van der Waals surface area contributed by atoms with E-state index >= 15 is 0 Å². The van der Waals surface area contributed by atoms with Crippen LogP contribution >= 0.6 is 11.6 Å². The third-order valence-electron chi connectivity index (χ3n) is 4.11. The number of carbonyl (C=O) groups is 3. The molecule has 0 radical (unpaired) electrons. The Morgan fingerprint density at radius 1 is 1.21 bits per heavy atom. The van der Waals surface area contributed by atoms with Crippen LogP contribution in [-0.2, 0) is 9.53 Å². The number of ketones is 1. The second kappa shape index (κ2) is 9.52. The van der Waals surface area contributed by atoms with Gasteiger partial charge in [0.2, 0.25) is 11.8 Å². The number of hydrogen-bond acceptors (Lipinski definition) is 6. The smallest absolute Gasteiger partial charge is 0.344 e. The molecule has 0 aliphatic heterocycles. The molecule has 7 nitrogen and oxygen atoms in total. The highest BCUT2D eigenvalue weighted by Gasteiger charge is 2.28. The molecule has 1 amide bonds. The van der Waals surface area contributed by atoms with Crippen LogP contribution in [0.25, 0.3) is 0 Å². The number of Topliss-reactive ketones (excluding diaryl/α,β-unsaturated/α-hetero) is 1. The number of anilines is 1. The van der Waals surface area contributed by atoms with Gasteiger partial charge in [-0.2, -0.15) is 0 Å². The lowest BCUT2D eigenvalue weighted by Gasteiger charge is -2.15. The number of benzene rings is 1. The van der Waals surface area contributed by atoms with E-state index in [0.29, 0.717) is 5.02 Å². The number of furan rings is 1. The maximum Gasteiger partial charge on any atom is 0.344 e. The van der Waals surface area contributed by atoms with Gasteiger partial charge in [0.25, 0.3) is 0 Å². The van der Waals surface area contributed by atoms with Crippen molar-refractivity contribution in [2.45, 2.75) is 33.7 Å². The topological polar surface area (TPSA) is 97.6 Å². The van der Waals surface area contributed by atoms with Crippen molar-refractivity contribution in [2.24, 2.45) is 0 Å². The fourth-order valence-corrected chi connectivity index (χ4v) is 3.11. The van der Waals surface area contributed by atoms with E-state index < -0.39 is 11.9 Å². The fourth-order valence-electron chi connectivity index (χ4n) is 2.81. The van der Waals surface area contributed by atoms with Crippen LogP contribution < -0.4 is 10.6 Å². The average Bonchev–Trinajstić information content (AvgIpc) is 2.96. The van der Waals surface area contributed by atoms with Crippen LogP contribution in [0.2, 0.25) is 5.02 Å². The summed E-state index contributed by atoms with van der Waals surface area (Å²) in [6, 6.07) is 7.16. The van der Waals surface area contributed by atoms with Gasteiger partial charge in [-0.15, -0.1) is 0 Å². The summed E-state index contributed by atoms with van der Waals surface area (Å²) >= 11 is 6.16. The van der Waals surface area contributed by atoms with Crippen LogP contribution in [-0.4, -0.2) is 30.8 Å². The monoisotopic (exact) mass is 406 g/mol. The van der Waals surface area contributed by atoms with Gasteiger partial charge in [-0.05, 0) is 39.3 Å². The largest absolute Gasteiger partial charge is 0.462 e. The van der Waals surface area contributed by atoms with Crippen molar-refractivity contribution in [1.82, 2.24) is 5.32 Å². The molecule has 1 aromatic heterocycles. The van der Waals surface area contributed by atoms with Crippen molar-refractivity contribution in [2.75, 3.05) is 18.5 Å². The number of ether oxygens (including phenoxy) is 1. The quantitative estimate of drug-likeness (QED) is 0.509. The van der Waals surface area contributed by atoms with Crippen LogP contribution in [0.5, 0.6) is 0 Å². The van der Waals surface area contributed by atoms with E-state index in [4.69, 9.17) is 20.8 Å². The van der Waals surface area contributed by atoms with E-state index in [1.165, 1.54) is 6.92 Å². The molecule has 2 N–H and O–H groups in total. The maximum absolute atomic E-state index is 12.4. The number of carbonyl (C=O) groups excluding carboxylic acids is 3. The van der Waals surface area contributed by atoms with E-state index in [9.17, 15) is 14.4 Å². The van der Waals surface area contributed by atoms with Crippen molar-refractivity contribution in [1.29, 1.82) is 0 Å². The summed E-state index contributed by atoms with van der Waals surface area (Å²) < 4.78 is 10.4. The van der Waals surface area contributed by atoms with Crippen molar-refractivity contribution < 1.29 is 23.5 Å². The van der Waals surface area contributed by atoms with Gasteiger partial charge in [0.05, 0.1) is 18.7 Å². The summed E-state index contributed by atoms with van der Waals surface area (Å²) in [7, 11) is 0. The van der Waals surface area contributed by atoms with Crippen LogP contribution in [0.3, 0.4) is 0 Å². The molecule has 28 heavy (non-hydrogen) atoms. The lowest BCUT2D eigenvalue weighted by Crippen LogP contribution is -2.30. The summed E-state index contributed by atoms with van der Waals surface area (Å²) in [6.45, 7) is 6.47. The minimum atomic E-state index is -0.725. The van der Waals surface area contributed by atoms with E-state index in [-0.39, 0.29) is 47.7 Å². The zero-order valence-corrected chi connectivity index (χ0v) is 17.0. The molecular formula is C20H23ClN2O5. The van der Waals surface area contributed by atoms with E-state index in [2.05, 4.69) is 10.6 Å². The summed E-state index contributed by atoms with van der Waals surface area (Å²) in [5, 5.41) is 6.19. The molecule has 2 rings (SSSR count). The lowest BCUT2D eigenvalue weighted by molar-refractivity contribution is -0.115. The van der Waals surface area contributed by atoms with Crippen LogP contribution in [0, 0.1) is 6.92 Å². The first-order chi connectivity index (χ1) is 13.3. The van der Waals surface area contributed by atoms with Crippen molar-refractivity contribution >= 4 is 35.1 Å². The van der Waals surface area contributed by atoms with Crippen molar-refractivity contribution in [3.8, 4) is 0 Å². The highest BCUT2D eigenvalue weighted by molar-refractivity contribution is 6.31. The lowest BCUT2D eigenvalue weighted by atomic mass is 10.1. The molecule has 150 valence electrons. The summed E-state index contributed by atoms with van der Waals surface area (Å²) in [5.41, 5.74) is 0.891. The van der Waals surface area contributed by atoms with Crippen LogP contribution in [0.4, 0.5) is 5.88 Å². The summed E-state index contributed by atoms with van der Waals surface area (Å²) in [5.74, 6) is -1.37. The highest BCUT2D eigenvalue weighted by Crippen LogP contribution is 2.28. The van der Waals surface area contributed by atoms with E-state index in [1.54, 1.807) is 19.9 Å². The van der Waals surface area contributed by atoms with E-state index in [0.717, 1.165) is 5.56 Å². The molecule has 0 fully saturated rings. The van der Waals surface area contributed by atoms with Gasteiger partial charge in [-0.1, -0.05) is 29.8 Å². The fraction of sp³-hybridized carbons (Fsp3) is 0.350. The molecule has 0 aliphatic carbocycles. The van der Waals surface area contributed by atoms with Crippen molar-refractivity contribution in [3.05, 3.63) is 51.7 Å². The molecule has 8 heteroatoms. The number of aryl methyl sites for hydroxylation is 1. The first-order valence-electron chi connectivity index (χ1n) is 8.85. The number of halogens is 1. The third kappa shape index (κ3) is 4.99. The number of rotatable bonds is 8. The van der Waals surface area contributed by atoms with Gasteiger partial charge in [-0.25, -0.2) is 4.79 Å². The van der Waals surface area contributed by atoms with E-state index in [1.807, 2.05) is 25.1 Å². The van der Waals surface area contributed by atoms with Crippen molar-refractivity contribution in [3.63, 3.8) is 0 Å². The van der Waals surface area contributed by atoms with Gasteiger partial charge in [-0.3, -0.25) is 14.9 Å². The molecule has 0 saturated heterocycles. The number of amides is 1. The molecule has 0 spiro atoms. The van der Waals surface area contributed by atoms with Gasteiger partial charge in [0.1, 0.15) is 11.3 Å². The zero-order valence-electron chi connectivity index (χ0n) is 16.2. The molecule has 0 aliphatic rings. The first kappa shape index (κ1) is 21.7. The number of hydrogen-bond donors (Lipinski definition) is 2. The molecule has 0 unspecified atom stereocenters. The minimum absolute atomic E-state index is 0.0518. The van der Waals surface area contributed by atoms with Gasteiger partial charge in [0.15, 0.2) is 5.78 Å². The molecule has 1 atom stereocenters. The second-order valence-electron chi connectivity index (χ2n) is 6.19. The molecule has 0 saturated carbocycles. The van der Waals surface area contributed by atoms with Crippen LogP contribution in [0.15, 0.2) is 28.7 Å². The molecule has 1 aromatic carbocycles. The Balaban J connectivity index is 2.13. The van der Waals surface area contributed by atoms with Gasteiger partial charge in [0, 0.05) is 11.1 Å². The zero-order chi connectivity index (χ0) is 20.8. The molecule has 1 heterocycles. The normalized spacial score (nSPS) is 11.8. The summed E-state index contributed by atoms with van der Waals surface area (Å²) in [6.07, 6.45) is 0. The Morgan fingerprint density at radius 3 is 2.50 bits per heavy atom. The average molecular weight is 407 g/mol. The Bertz CT molecular complexity index is 891. The van der Waals surface area contributed by atoms with Crippen LogP contribution in [0.1, 0.15) is 58.9 Å². The Morgan fingerprint density at radius 2 is 1.89 bits per heavy atom.